The van der Waals surface area contributed by atoms with E-state index in [-0.39, 0.29) is 0 Å². The molecule has 2 aromatic rings. The molecule has 0 saturated heterocycles. The highest BCUT2D eigenvalue weighted by Gasteiger charge is 2.12. The summed E-state index contributed by atoms with van der Waals surface area (Å²) in [6.07, 6.45) is 8.25. The topological polar surface area (TPSA) is 17.0 Å². The molecular weight excluding hydrogens is 244 g/mol. The Kier molecular flexibility index (Phi) is 4.41. The van der Waals surface area contributed by atoms with Gasteiger partial charge in [-0.3, -0.25) is 0 Å². The van der Waals surface area contributed by atoms with E-state index in [9.17, 15) is 0 Å². The van der Waals surface area contributed by atoms with Crippen LogP contribution in [0, 0.1) is 6.92 Å². The maximum Gasteiger partial charge on any atom is 0.0482 e. The van der Waals surface area contributed by atoms with E-state index in [0.717, 1.165) is 19.1 Å². The SMILES string of the molecule is Cc1cc2ccccc2n1CCCNC1CCCCC1. The Morgan fingerprint density at radius 2 is 1.95 bits per heavy atom. The van der Waals surface area contributed by atoms with Gasteiger partial charge in [-0.05, 0) is 50.2 Å². The number of fused-ring (bicyclic) bond motifs is 1. The molecule has 2 heteroatoms. The second-order valence-corrected chi connectivity index (χ2v) is 6.14. The molecule has 0 atom stereocenters. The molecule has 108 valence electrons. The Bertz CT molecular complexity index is 550. The molecule has 1 fully saturated rings. The van der Waals surface area contributed by atoms with Crippen molar-refractivity contribution >= 4 is 10.9 Å². The van der Waals surface area contributed by atoms with Gasteiger partial charge < -0.3 is 9.88 Å². The number of nitrogens with zero attached hydrogens (tertiary/aromatic N) is 1. The van der Waals surface area contributed by atoms with E-state index in [4.69, 9.17) is 0 Å². The first-order valence-electron chi connectivity index (χ1n) is 8.13. The number of para-hydroxylation sites is 1. The molecule has 0 amide bonds. The maximum atomic E-state index is 3.74. The number of aromatic nitrogens is 1. The third-order valence-corrected chi connectivity index (χ3v) is 4.61. The minimum atomic E-state index is 0.784. The summed E-state index contributed by atoms with van der Waals surface area (Å²) in [5.74, 6) is 0. The van der Waals surface area contributed by atoms with Crippen molar-refractivity contribution in [2.24, 2.45) is 0 Å². The van der Waals surface area contributed by atoms with E-state index in [0.29, 0.717) is 0 Å². The van der Waals surface area contributed by atoms with Crippen molar-refractivity contribution in [1.29, 1.82) is 0 Å². The van der Waals surface area contributed by atoms with Crippen LogP contribution in [0.3, 0.4) is 0 Å². The molecular formula is C18H26N2. The van der Waals surface area contributed by atoms with Crippen molar-refractivity contribution in [2.45, 2.75) is 58.0 Å². The average molecular weight is 270 g/mol. The van der Waals surface area contributed by atoms with Crippen LogP contribution < -0.4 is 5.32 Å². The minimum absolute atomic E-state index is 0.784. The van der Waals surface area contributed by atoms with E-state index in [1.54, 1.807) is 0 Å². The zero-order valence-electron chi connectivity index (χ0n) is 12.6. The normalized spacial score (nSPS) is 16.9. The first-order chi connectivity index (χ1) is 9.84. The van der Waals surface area contributed by atoms with Gasteiger partial charge in [0.15, 0.2) is 0 Å². The first-order valence-corrected chi connectivity index (χ1v) is 8.13. The molecule has 20 heavy (non-hydrogen) atoms. The number of rotatable bonds is 5. The van der Waals surface area contributed by atoms with Crippen LogP contribution in [0.15, 0.2) is 30.3 Å². The predicted octanol–water partition coefficient (Wildman–Crippen LogP) is 4.26. The second kappa shape index (κ2) is 6.45. The number of hydrogen-bond donors (Lipinski definition) is 1. The van der Waals surface area contributed by atoms with Crippen molar-refractivity contribution in [3.05, 3.63) is 36.0 Å². The monoisotopic (exact) mass is 270 g/mol. The predicted molar refractivity (Wildman–Crippen MR) is 86.2 cm³/mol. The van der Waals surface area contributed by atoms with Crippen molar-refractivity contribution < 1.29 is 0 Å². The number of nitrogens with one attached hydrogen (secondary N) is 1. The molecule has 1 saturated carbocycles. The van der Waals surface area contributed by atoms with Crippen LogP contribution in [0.25, 0.3) is 10.9 Å². The molecule has 2 nitrogen and oxygen atoms in total. The van der Waals surface area contributed by atoms with Gasteiger partial charge in [-0.2, -0.15) is 0 Å². The van der Waals surface area contributed by atoms with Gasteiger partial charge in [-0.25, -0.2) is 0 Å². The summed E-state index contributed by atoms with van der Waals surface area (Å²) in [5.41, 5.74) is 2.76. The van der Waals surface area contributed by atoms with Crippen LogP contribution in [0.1, 0.15) is 44.2 Å². The standard InChI is InChI=1S/C18H26N2/c1-15-14-16-8-5-6-11-18(16)20(15)13-7-12-19-17-9-3-2-4-10-17/h5-6,8,11,14,17,19H,2-4,7,9-10,12-13H2,1H3. The molecule has 1 aliphatic carbocycles. The molecule has 1 aromatic heterocycles. The molecule has 1 heterocycles. The Labute approximate surface area is 122 Å². The van der Waals surface area contributed by atoms with E-state index < -0.39 is 0 Å². The van der Waals surface area contributed by atoms with Crippen molar-refractivity contribution in [3.63, 3.8) is 0 Å². The molecule has 1 aromatic carbocycles. The van der Waals surface area contributed by atoms with Gasteiger partial charge in [0.25, 0.3) is 0 Å². The van der Waals surface area contributed by atoms with E-state index in [1.807, 2.05) is 0 Å². The van der Waals surface area contributed by atoms with Crippen molar-refractivity contribution in [2.75, 3.05) is 6.54 Å². The number of aryl methyl sites for hydroxylation is 2. The fourth-order valence-corrected chi connectivity index (χ4v) is 3.50. The van der Waals surface area contributed by atoms with E-state index >= 15 is 0 Å². The zero-order valence-corrected chi connectivity index (χ0v) is 12.6. The summed E-state index contributed by atoms with van der Waals surface area (Å²) in [6.45, 7) is 4.49. The lowest BCUT2D eigenvalue weighted by atomic mass is 9.95. The Morgan fingerprint density at radius 3 is 2.80 bits per heavy atom. The van der Waals surface area contributed by atoms with Crippen LogP contribution in [-0.4, -0.2) is 17.2 Å². The summed E-state index contributed by atoms with van der Waals surface area (Å²) in [4.78, 5) is 0. The highest BCUT2D eigenvalue weighted by molar-refractivity contribution is 5.81. The van der Waals surface area contributed by atoms with Gasteiger partial charge in [0.05, 0.1) is 0 Å². The summed E-state index contributed by atoms with van der Waals surface area (Å²) in [7, 11) is 0. The smallest absolute Gasteiger partial charge is 0.0482 e. The minimum Gasteiger partial charge on any atom is -0.345 e. The van der Waals surface area contributed by atoms with Crippen LogP contribution in [-0.2, 0) is 6.54 Å². The molecule has 1 N–H and O–H groups in total. The Balaban J connectivity index is 1.53. The Hall–Kier alpha value is -1.28. The highest BCUT2D eigenvalue weighted by atomic mass is 15.0. The lowest BCUT2D eigenvalue weighted by Gasteiger charge is -2.23. The number of hydrogen-bond acceptors (Lipinski definition) is 1. The molecule has 0 radical (unpaired) electrons. The highest BCUT2D eigenvalue weighted by Crippen LogP contribution is 2.20. The summed E-state index contributed by atoms with van der Waals surface area (Å²) < 4.78 is 2.46. The van der Waals surface area contributed by atoms with Crippen molar-refractivity contribution in [3.8, 4) is 0 Å². The summed E-state index contributed by atoms with van der Waals surface area (Å²) in [6, 6.07) is 11.8. The lowest BCUT2D eigenvalue weighted by Crippen LogP contribution is -2.32. The van der Waals surface area contributed by atoms with Crippen molar-refractivity contribution in [1.82, 2.24) is 9.88 Å². The average Bonchev–Trinajstić information content (AvgIpc) is 2.80. The quantitative estimate of drug-likeness (QED) is 0.803. The largest absolute Gasteiger partial charge is 0.345 e. The number of benzene rings is 1. The fourth-order valence-electron chi connectivity index (χ4n) is 3.50. The zero-order chi connectivity index (χ0) is 13.8. The van der Waals surface area contributed by atoms with Gasteiger partial charge in [-0.1, -0.05) is 37.5 Å². The molecule has 1 aliphatic rings. The van der Waals surface area contributed by atoms with Crippen LogP contribution in [0.2, 0.25) is 0 Å². The first kappa shape index (κ1) is 13.7. The van der Waals surface area contributed by atoms with Gasteiger partial charge in [0.1, 0.15) is 0 Å². The molecule has 0 bridgehead atoms. The third-order valence-electron chi connectivity index (χ3n) is 4.61. The maximum absolute atomic E-state index is 3.74. The third kappa shape index (κ3) is 3.06. The summed E-state index contributed by atoms with van der Waals surface area (Å²) >= 11 is 0. The van der Waals surface area contributed by atoms with Crippen LogP contribution in [0.5, 0.6) is 0 Å². The lowest BCUT2D eigenvalue weighted by molar-refractivity contribution is 0.369. The molecule has 0 spiro atoms. The molecule has 0 unspecified atom stereocenters. The van der Waals surface area contributed by atoms with Crippen LogP contribution >= 0.6 is 0 Å². The van der Waals surface area contributed by atoms with Gasteiger partial charge in [0, 0.05) is 23.8 Å². The Morgan fingerprint density at radius 1 is 1.15 bits per heavy atom. The molecule has 0 aliphatic heterocycles. The molecule has 3 rings (SSSR count). The van der Waals surface area contributed by atoms with Gasteiger partial charge in [-0.15, -0.1) is 0 Å². The second-order valence-electron chi connectivity index (χ2n) is 6.14. The van der Waals surface area contributed by atoms with Crippen LogP contribution in [0.4, 0.5) is 0 Å². The van der Waals surface area contributed by atoms with E-state index in [1.165, 1.54) is 55.1 Å². The van der Waals surface area contributed by atoms with Gasteiger partial charge in [0.2, 0.25) is 0 Å². The van der Waals surface area contributed by atoms with Gasteiger partial charge >= 0.3 is 0 Å². The fraction of sp³-hybridized carbons (Fsp3) is 0.556. The van der Waals surface area contributed by atoms with E-state index in [2.05, 4.69) is 47.1 Å². The summed E-state index contributed by atoms with van der Waals surface area (Å²) in [5, 5.41) is 5.10.